The molecule has 1 N–H and O–H groups in total. The van der Waals surface area contributed by atoms with Crippen LogP contribution in [-0.2, 0) is 6.54 Å². The van der Waals surface area contributed by atoms with Crippen LogP contribution in [0.25, 0.3) is 0 Å². The van der Waals surface area contributed by atoms with Gasteiger partial charge in [0.2, 0.25) is 0 Å². The Morgan fingerprint density at radius 1 is 0.944 bits per heavy atom. The number of hydrogen-bond donors (Lipinski definition) is 1. The molecule has 0 atom stereocenters. The highest BCUT2D eigenvalue weighted by molar-refractivity contribution is 5.47. The third kappa shape index (κ3) is 2.64. The lowest BCUT2D eigenvalue weighted by atomic mass is 10.2. The molecule has 0 aliphatic heterocycles. The van der Waals surface area contributed by atoms with Gasteiger partial charge in [0, 0.05) is 18.2 Å². The van der Waals surface area contributed by atoms with E-state index in [4.69, 9.17) is 0 Å². The van der Waals surface area contributed by atoms with E-state index in [-0.39, 0.29) is 23.6 Å². The van der Waals surface area contributed by atoms with Crippen LogP contribution in [-0.4, -0.2) is 0 Å². The van der Waals surface area contributed by atoms with Crippen molar-refractivity contribution in [2.45, 2.75) is 13.5 Å². The SMILES string of the molecule is Cc1cc(F)c(NCc2ccccc2F)cc1F. The van der Waals surface area contributed by atoms with E-state index in [9.17, 15) is 13.2 Å². The van der Waals surface area contributed by atoms with Gasteiger partial charge in [0.05, 0.1) is 5.69 Å². The van der Waals surface area contributed by atoms with Gasteiger partial charge in [0.1, 0.15) is 17.5 Å². The zero-order chi connectivity index (χ0) is 13.1. The third-order valence-electron chi connectivity index (χ3n) is 2.68. The summed E-state index contributed by atoms with van der Waals surface area (Å²) in [7, 11) is 0. The van der Waals surface area contributed by atoms with Crippen LogP contribution in [0, 0.1) is 24.4 Å². The first-order valence-corrected chi connectivity index (χ1v) is 5.51. The highest BCUT2D eigenvalue weighted by atomic mass is 19.1. The first-order valence-electron chi connectivity index (χ1n) is 5.51. The zero-order valence-electron chi connectivity index (χ0n) is 9.81. The van der Waals surface area contributed by atoms with E-state index in [1.165, 1.54) is 13.0 Å². The molecule has 4 heteroatoms. The van der Waals surface area contributed by atoms with E-state index in [0.717, 1.165) is 12.1 Å². The predicted molar refractivity (Wildman–Crippen MR) is 64.8 cm³/mol. The number of nitrogens with one attached hydrogen (secondary N) is 1. The second kappa shape index (κ2) is 5.12. The molecule has 1 nitrogen and oxygen atoms in total. The lowest BCUT2D eigenvalue weighted by Gasteiger charge is -2.09. The molecular formula is C14H12F3N. The molecule has 2 rings (SSSR count). The Hall–Kier alpha value is -1.97. The molecule has 0 spiro atoms. The van der Waals surface area contributed by atoms with E-state index >= 15 is 0 Å². The first kappa shape index (κ1) is 12.5. The topological polar surface area (TPSA) is 12.0 Å². The average molecular weight is 251 g/mol. The van der Waals surface area contributed by atoms with Gasteiger partial charge in [-0.15, -0.1) is 0 Å². The Bertz CT molecular complexity index is 567. The fraction of sp³-hybridized carbons (Fsp3) is 0.143. The van der Waals surface area contributed by atoms with Gasteiger partial charge >= 0.3 is 0 Å². The Labute approximate surface area is 103 Å². The van der Waals surface area contributed by atoms with Crippen LogP contribution in [0.1, 0.15) is 11.1 Å². The van der Waals surface area contributed by atoms with Gasteiger partial charge < -0.3 is 5.32 Å². The van der Waals surface area contributed by atoms with Gasteiger partial charge in [-0.25, -0.2) is 13.2 Å². The number of hydrogen-bond acceptors (Lipinski definition) is 1. The summed E-state index contributed by atoms with van der Waals surface area (Å²) in [4.78, 5) is 0. The number of halogens is 3. The van der Waals surface area contributed by atoms with Crippen LogP contribution in [0.15, 0.2) is 36.4 Å². The minimum atomic E-state index is -0.551. The molecule has 94 valence electrons. The van der Waals surface area contributed by atoms with Crippen molar-refractivity contribution >= 4 is 5.69 Å². The van der Waals surface area contributed by atoms with Gasteiger partial charge in [0.15, 0.2) is 0 Å². The smallest absolute Gasteiger partial charge is 0.146 e. The van der Waals surface area contributed by atoms with Gasteiger partial charge in [-0.2, -0.15) is 0 Å². The Balaban J connectivity index is 2.16. The molecular weight excluding hydrogens is 239 g/mol. The molecule has 18 heavy (non-hydrogen) atoms. The Morgan fingerprint density at radius 2 is 1.67 bits per heavy atom. The monoisotopic (exact) mass is 251 g/mol. The first-order chi connectivity index (χ1) is 8.58. The number of benzene rings is 2. The minimum Gasteiger partial charge on any atom is -0.378 e. The summed E-state index contributed by atoms with van der Waals surface area (Å²) in [6.07, 6.45) is 0. The summed E-state index contributed by atoms with van der Waals surface area (Å²) in [6, 6.07) is 8.36. The summed E-state index contributed by atoms with van der Waals surface area (Å²) in [6.45, 7) is 1.59. The lowest BCUT2D eigenvalue weighted by molar-refractivity contribution is 0.593. The second-order valence-corrected chi connectivity index (χ2v) is 4.03. The maximum atomic E-state index is 13.5. The van der Waals surface area contributed by atoms with Crippen molar-refractivity contribution in [1.82, 2.24) is 0 Å². The zero-order valence-corrected chi connectivity index (χ0v) is 9.81. The lowest BCUT2D eigenvalue weighted by Crippen LogP contribution is -2.04. The van der Waals surface area contributed by atoms with E-state index < -0.39 is 11.6 Å². The minimum absolute atomic E-state index is 0.0290. The maximum absolute atomic E-state index is 13.5. The van der Waals surface area contributed by atoms with Crippen LogP contribution in [0.5, 0.6) is 0 Å². The highest BCUT2D eigenvalue weighted by Gasteiger charge is 2.08. The summed E-state index contributed by atoms with van der Waals surface area (Å²) >= 11 is 0. The Morgan fingerprint density at radius 3 is 2.39 bits per heavy atom. The standard InChI is InChI=1S/C14H12F3N/c1-9-6-13(17)14(7-12(9)16)18-8-10-4-2-3-5-11(10)15/h2-7,18H,8H2,1H3. The second-order valence-electron chi connectivity index (χ2n) is 4.03. The molecule has 0 aromatic heterocycles. The van der Waals surface area contributed by atoms with Crippen LogP contribution in [0.3, 0.4) is 0 Å². The molecule has 0 bridgehead atoms. The van der Waals surface area contributed by atoms with E-state index in [0.29, 0.717) is 5.56 Å². The van der Waals surface area contributed by atoms with Gasteiger partial charge in [-0.05, 0) is 24.6 Å². The van der Waals surface area contributed by atoms with E-state index in [1.807, 2.05) is 0 Å². The van der Waals surface area contributed by atoms with Crippen molar-refractivity contribution in [3.05, 3.63) is 65.0 Å². The van der Waals surface area contributed by atoms with Crippen molar-refractivity contribution in [3.63, 3.8) is 0 Å². The molecule has 2 aromatic rings. The summed E-state index contributed by atoms with van der Waals surface area (Å²) in [5, 5.41) is 2.68. The highest BCUT2D eigenvalue weighted by Crippen LogP contribution is 2.20. The maximum Gasteiger partial charge on any atom is 0.146 e. The molecule has 0 fully saturated rings. The fourth-order valence-corrected chi connectivity index (χ4v) is 1.61. The average Bonchev–Trinajstić information content (AvgIpc) is 2.34. The van der Waals surface area contributed by atoms with Gasteiger partial charge in [-0.1, -0.05) is 18.2 Å². The van der Waals surface area contributed by atoms with Crippen LogP contribution < -0.4 is 5.32 Å². The van der Waals surface area contributed by atoms with E-state index in [1.54, 1.807) is 18.2 Å². The normalized spacial score (nSPS) is 10.4. The molecule has 0 aliphatic carbocycles. The van der Waals surface area contributed by atoms with Crippen molar-refractivity contribution in [3.8, 4) is 0 Å². The van der Waals surface area contributed by atoms with Crippen molar-refractivity contribution in [2.75, 3.05) is 5.32 Å². The molecule has 0 saturated heterocycles. The summed E-state index contributed by atoms with van der Waals surface area (Å²) in [5.41, 5.74) is 0.670. The molecule has 2 aromatic carbocycles. The van der Waals surface area contributed by atoms with Crippen molar-refractivity contribution < 1.29 is 13.2 Å². The predicted octanol–water partition coefficient (Wildman–Crippen LogP) is 4.02. The summed E-state index contributed by atoms with van der Waals surface area (Å²) in [5.74, 6) is -1.42. The summed E-state index contributed by atoms with van der Waals surface area (Å²) < 4.78 is 40.1. The van der Waals surface area contributed by atoms with Crippen LogP contribution in [0.4, 0.5) is 18.9 Å². The number of aryl methyl sites for hydroxylation is 1. The fourth-order valence-electron chi connectivity index (χ4n) is 1.61. The molecule has 0 heterocycles. The van der Waals surface area contributed by atoms with Gasteiger partial charge in [0.25, 0.3) is 0 Å². The van der Waals surface area contributed by atoms with Crippen molar-refractivity contribution in [1.29, 1.82) is 0 Å². The quantitative estimate of drug-likeness (QED) is 0.868. The Kier molecular flexibility index (Phi) is 3.55. The molecule has 0 radical (unpaired) electrons. The number of anilines is 1. The molecule has 0 amide bonds. The van der Waals surface area contributed by atoms with E-state index in [2.05, 4.69) is 5.32 Å². The van der Waals surface area contributed by atoms with Crippen LogP contribution >= 0.6 is 0 Å². The largest absolute Gasteiger partial charge is 0.378 e. The third-order valence-corrected chi connectivity index (χ3v) is 2.68. The van der Waals surface area contributed by atoms with Gasteiger partial charge in [-0.3, -0.25) is 0 Å². The molecule has 0 saturated carbocycles. The molecule has 0 unspecified atom stereocenters. The van der Waals surface area contributed by atoms with Crippen LogP contribution in [0.2, 0.25) is 0 Å². The number of rotatable bonds is 3. The molecule has 0 aliphatic rings. The van der Waals surface area contributed by atoms with Crippen molar-refractivity contribution in [2.24, 2.45) is 0 Å².